The molecule has 0 saturated heterocycles. The number of hydrogen-bond donors (Lipinski definition) is 1. The lowest BCUT2D eigenvalue weighted by molar-refractivity contribution is 0.449. The summed E-state index contributed by atoms with van der Waals surface area (Å²) in [6.07, 6.45) is 0. The van der Waals surface area contributed by atoms with E-state index in [4.69, 9.17) is 5.73 Å². The van der Waals surface area contributed by atoms with Crippen LogP contribution in [-0.4, -0.2) is 9.55 Å². The van der Waals surface area contributed by atoms with E-state index in [1.807, 2.05) is 22.6 Å². The van der Waals surface area contributed by atoms with Crippen molar-refractivity contribution in [3.63, 3.8) is 0 Å². The monoisotopic (exact) mass is 407 g/mol. The average Bonchev–Trinajstić information content (AvgIpc) is 2.73. The van der Waals surface area contributed by atoms with Crippen LogP contribution in [0.1, 0.15) is 0 Å². The van der Waals surface area contributed by atoms with E-state index in [1.165, 1.54) is 6.07 Å². The van der Waals surface area contributed by atoms with Crippen LogP contribution in [0.5, 0.6) is 0 Å². The Morgan fingerprint density at radius 3 is 2.24 bits per heavy atom. The van der Waals surface area contributed by atoms with Crippen LogP contribution >= 0.6 is 22.6 Å². The molecule has 0 bridgehead atoms. The smallest absolute Gasteiger partial charge is 0.206 e. The van der Waals surface area contributed by atoms with Crippen LogP contribution in [0.25, 0.3) is 16.7 Å². The molecule has 108 valence electrons. The summed E-state index contributed by atoms with van der Waals surface area (Å²) in [6, 6.07) is 4.95. The number of nitrogens with zero attached hydrogens (tertiary/aromatic N) is 2. The minimum atomic E-state index is -1.53. The number of benzene rings is 2. The lowest BCUT2D eigenvalue weighted by atomic mass is 10.2. The van der Waals surface area contributed by atoms with Gasteiger partial charge in [0, 0.05) is 9.64 Å². The highest BCUT2D eigenvalue weighted by atomic mass is 127. The molecule has 1 aromatic heterocycles. The van der Waals surface area contributed by atoms with Gasteiger partial charge >= 0.3 is 0 Å². The molecular weight excluding hydrogens is 401 g/mol. The molecule has 0 fully saturated rings. The molecule has 0 saturated carbocycles. The van der Waals surface area contributed by atoms with Gasteiger partial charge in [0.25, 0.3) is 0 Å². The van der Waals surface area contributed by atoms with Gasteiger partial charge in [0.2, 0.25) is 5.95 Å². The van der Waals surface area contributed by atoms with Crippen LogP contribution in [0.4, 0.5) is 23.5 Å². The van der Waals surface area contributed by atoms with Crippen LogP contribution in [0.2, 0.25) is 0 Å². The SMILES string of the molecule is Nc1nc2cc(I)ccc2n1-c1c(F)c(F)cc(F)c1F. The summed E-state index contributed by atoms with van der Waals surface area (Å²) in [5, 5.41) is 0. The molecule has 0 amide bonds. The Kier molecular flexibility index (Phi) is 3.27. The van der Waals surface area contributed by atoms with E-state index in [0.29, 0.717) is 5.52 Å². The van der Waals surface area contributed by atoms with E-state index >= 15 is 0 Å². The fourth-order valence-electron chi connectivity index (χ4n) is 2.06. The zero-order valence-electron chi connectivity index (χ0n) is 10.2. The Hall–Kier alpha value is -1.84. The maximum absolute atomic E-state index is 13.9. The van der Waals surface area contributed by atoms with Crippen LogP contribution in [0.3, 0.4) is 0 Å². The molecule has 1 heterocycles. The van der Waals surface area contributed by atoms with Crippen molar-refractivity contribution in [3.05, 3.63) is 51.1 Å². The van der Waals surface area contributed by atoms with Crippen LogP contribution in [0.15, 0.2) is 24.3 Å². The van der Waals surface area contributed by atoms with E-state index in [0.717, 1.165) is 8.14 Å². The van der Waals surface area contributed by atoms with Crippen molar-refractivity contribution >= 4 is 39.6 Å². The largest absolute Gasteiger partial charge is 0.369 e. The summed E-state index contributed by atoms with van der Waals surface area (Å²) in [4.78, 5) is 3.95. The molecule has 0 unspecified atom stereocenters. The van der Waals surface area contributed by atoms with E-state index in [2.05, 4.69) is 4.98 Å². The predicted molar refractivity (Wildman–Crippen MR) is 78.0 cm³/mol. The third-order valence-corrected chi connectivity index (χ3v) is 3.63. The van der Waals surface area contributed by atoms with Crippen LogP contribution in [0, 0.1) is 26.8 Å². The van der Waals surface area contributed by atoms with Gasteiger partial charge in [-0.25, -0.2) is 22.5 Å². The fourth-order valence-corrected chi connectivity index (χ4v) is 2.54. The summed E-state index contributed by atoms with van der Waals surface area (Å²) < 4.78 is 56.2. The molecule has 8 heteroatoms. The number of anilines is 1. The highest BCUT2D eigenvalue weighted by Gasteiger charge is 2.24. The van der Waals surface area contributed by atoms with Crippen molar-refractivity contribution in [2.24, 2.45) is 0 Å². The second-order valence-corrected chi connectivity index (χ2v) is 5.50. The molecule has 0 radical (unpaired) electrons. The van der Waals surface area contributed by atoms with E-state index in [9.17, 15) is 17.6 Å². The first-order valence-corrected chi connectivity index (χ1v) is 6.75. The minimum Gasteiger partial charge on any atom is -0.369 e. The molecule has 0 aliphatic rings. The van der Waals surface area contributed by atoms with Gasteiger partial charge in [-0.3, -0.25) is 4.57 Å². The molecule has 0 aliphatic heterocycles. The molecular formula is C13H6F4IN3. The first-order chi connectivity index (χ1) is 9.90. The number of nitrogen functional groups attached to an aromatic ring is 1. The Morgan fingerprint density at radius 2 is 1.62 bits per heavy atom. The summed E-state index contributed by atoms with van der Waals surface area (Å²) in [5.74, 6) is -6.34. The molecule has 0 spiro atoms. The van der Waals surface area contributed by atoms with Gasteiger partial charge in [-0.2, -0.15) is 0 Å². The molecule has 3 aromatic rings. The lowest BCUT2D eigenvalue weighted by Gasteiger charge is -2.10. The zero-order valence-corrected chi connectivity index (χ0v) is 12.3. The van der Waals surface area contributed by atoms with Gasteiger partial charge < -0.3 is 5.73 Å². The maximum Gasteiger partial charge on any atom is 0.206 e. The number of halogens is 5. The summed E-state index contributed by atoms with van der Waals surface area (Å²) >= 11 is 2.03. The number of nitrogens with two attached hydrogens (primary N) is 1. The Bertz CT molecular complexity index is 849. The predicted octanol–water partition coefficient (Wildman–Crippen LogP) is 3.77. The Balaban J connectivity index is 2.44. The highest BCUT2D eigenvalue weighted by molar-refractivity contribution is 14.1. The van der Waals surface area contributed by atoms with E-state index in [1.54, 1.807) is 12.1 Å². The molecule has 0 atom stereocenters. The molecule has 0 aliphatic carbocycles. The summed E-state index contributed by atoms with van der Waals surface area (Å²) in [7, 11) is 0. The van der Waals surface area contributed by atoms with E-state index in [-0.39, 0.29) is 17.5 Å². The van der Waals surface area contributed by atoms with Gasteiger partial charge in [-0.1, -0.05) is 0 Å². The van der Waals surface area contributed by atoms with Gasteiger partial charge in [0.15, 0.2) is 23.3 Å². The third kappa shape index (κ3) is 2.13. The third-order valence-electron chi connectivity index (χ3n) is 2.95. The van der Waals surface area contributed by atoms with Gasteiger partial charge in [-0.15, -0.1) is 0 Å². The minimum absolute atomic E-state index is 0.145. The fraction of sp³-hybridized carbons (Fsp3) is 0. The summed E-state index contributed by atoms with van der Waals surface area (Å²) in [6.45, 7) is 0. The van der Waals surface area contributed by atoms with Crippen LogP contribution < -0.4 is 5.73 Å². The zero-order chi connectivity index (χ0) is 15.3. The van der Waals surface area contributed by atoms with Gasteiger partial charge in [0.05, 0.1) is 11.0 Å². The van der Waals surface area contributed by atoms with Crippen molar-refractivity contribution in [1.82, 2.24) is 9.55 Å². The standard InChI is InChI=1S/C13H6F4IN3/c14-6-4-7(15)11(17)12(10(6)16)21-9-2-1-5(18)3-8(9)20-13(21)19/h1-4H,(H2,19,20). The van der Waals surface area contributed by atoms with Gasteiger partial charge in [-0.05, 0) is 40.8 Å². The number of fused-ring (bicyclic) bond motifs is 1. The molecule has 2 N–H and O–H groups in total. The number of rotatable bonds is 1. The topological polar surface area (TPSA) is 43.8 Å². The van der Waals surface area contributed by atoms with Crippen LogP contribution in [-0.2, 0) is 0 Å². The normalized spacial score (nSPS) is 11.3. The highest BCUT2D eigenvalue weighted by Crippen LogP contribution is 2.30. The van der Waals surface area contributed by atoms with Crippen molar-refractivity contribution in [3.8, 4) is 5.69 Å². The van der Waals surface area contributed by atoms with Crippen molar-refractivity contribution < 1.29 is 17.6 Å². The van der Waals surface area contributed by atoms with Crippen molar-refractivity contribution in [2.45, 2.75) is 0 Å². The van der Waals surface area contributed by atoms with Crippen molar-refractivity contribution in [2.75, 3.05) is 5.73 Å². The van der Waals surface area contributed by atoms with Crippen molar-refractivity contribution in [1.29, 1.82) is 0 Å². The Morgan fingerprint density at radius 1 is 1.00 bits per heavy atom. The molecule has 2 aromatic carbocycles. The molecule has 21 heavy (non-hydrogen) atoms. The summed E-state index contributed by atoms with van der Waals surface area (Å²) in [5.41, 5.74) is 5.33. The molecule has 3 rings (SSSR count). The quantitative estimate of drug-likeness (QED) is 0.379. The Labute approximate surface area is 129 Å². The second-order valence-electron chi connectivity index (χ2n) is 4.26. The number of aromatic nitrogens is 2. The van der Waals surface area contributed by atoms with Gasteiger partial charge in [0.1, 0.15) is 5.69 Å². The average molecular weight is 407 g/mol. The number of hydrogen-bond acceptors (Lipinski definition) is 2. The number of imidazole rings is 1. The lowest BCUT2D eigenvalue weighted by Crippen LogP contribution is -2.09. The second kappa shape index (κ2) is 4.86. The maximum atomic E-state index is 13.9. The first-order valence-electron chi connectivity index (χ1n) is 5.67. The first kappa shape index (κ1) is 14.1. The molecule has 3 nitrogen and oxygen atoms in total. The van der Waals surface area contributed by atoms with E-state index < -0.39 is 29.0 Å².